The van der Waals surface area contributed by atoms with E-state index in [9.17, 15) is 9.59 Å². The van der Waals surface area contributed by atoms with Gasteiger partial charge in [-0.1, -0.05) is 10.3 Å². The molecule has 2 aliphatic rings. The first kappa shape index (κ1) is 15.9. The summed E-state index contributed by atoms with van der Waals surface area (Å²) < 4.78 is 6.44. The molecule has 2 fully saturated rings. The highest BCUT2D eigenvalue weighted by atomic mass is 16.6. The SMILES string of the molecule is Cc1nonc1CN1C(=O)C[C@H]2[C@@H]1CCN2C(=O)c1cn2cccnc2n1. The molecule has 138 valence electrons. The summed E-state index contributed by atoms with van der Waals surface area (Å²) in [7, 11) is 0. The highest BCUT2D eigenvalue weighted by Crippen LogP contribution is 2.34. The number of fused-ring (bicyclic) bond motifs is 2. The van der Waals surface area contributed by atoms with Crippen molar-refractivity contribution in [3.63, 3.8) is 0 Å². The molecule has 0 N–H and O–H groups in total. The van der Waals surface area contributed by atoms with Crippen molar-refractivity contribution in [1.82, 2.24) is 34.5 Å². The number of hydrogen-bond acceptors (Lipinski definition) is 7. The van der Waals surface area contributed by atoms with E-state index in [1.807, 2.05) is 0 Å². The Bertz CT molecular complexity index is 1010. The van der Waals surface area contributed by atoms with Crippen molar-refractivity contribution >= 4 is 17.6 Å². The van der Waals surface area contributed by atoms with Crippen LogP contribution in [0.2, 0.25) is 0 Å². The predicted octanol–water partition coefficient (Wildman–Crippen LogP) is 0.436. The minimum atomic E-state index is -0.165. The predicted molar refractivity (Wildman–Crippen MR) is 90.4 cm³/mol. The van der Waals surface area contributed by atoms with E-state index in [1.54, 1.807) is 45.8 Å². The topological polar surface area (TPSA) is 110 Å². The Morgan fingerprint density at radius 3 is 3.00 bits per heavy atom. The van der Waals surface area contributed by atoms with Gasteiger partial charge >= 0.3 is 0 Å². The third kappa shape index (κ3) is 2.47. The van der Waals surface area contributed by atoms with Crippen molar-refractivity contribution in [3.8, 4) is 0 Å². The molecule has 0 spiro atoms. The lowest BCUT2D eigenvalue weighted by atomic mass is 10.1. The fourth-order valence-electron chi connectivity index (χ4n) is 4.02. The second kappa shape index (κ2) is 5.86. The van der Waals surface area contributed by atoms with Gasteiger partial charge in [0.25, 0.3) is 5.91 Å². The van der Waals surface area contributed by atoms with E-state index in [0.29, 0.717) is 42.4 Å². The molecule has 5 heterocycles. The van der Waals surface area contributed by atoms with Gasteiger partial charge in [-0.2, -0.15) is 0 Å². The maximum atomic E-state index is 13.0. The Kier molecular flexibility index (Phi) is 3.46. The molecule has 0 bridgehead atoms. The van der Waals surface area contributed by atoms with Crippen molar-refractivity contribution < 1.29 is 14.2 Å². The van der Waals surface area contributed by atoms with Gasteiger partial charge in [-0.25, -0.2) is 14.6 Å². The Hall–Kier alpha value is -3.30. The van der Waals surface area contributed by atoms with Gasteiger partial charge in [-0.15, -0.1) is 0 Å². The number of rotatable bonds is 3. The standard InChI is InChI=1S/C17H17N7O3/c1-10-11(21-27-20-10)9-24-13-3-6-23(14(13)7-15(24)25)16(26)12-8-22-5-2-4-18-17(22)19-12/h2,4-5,8,13-14H,3,6-7,9H2,1H3/t13-,14-/m0/s1. The monoisotopic (exact) mass is 367 g/mol. The van der Waals surface area contributed by atoms with E-state index in [1.165, 1.54) is 0 Å². The molecular formula is C17H17N7O3. The van der Waals surface area contributed by atoms with Gasteiger partial charge < -0.3 is 9.80 Å². The lowest BCUT2D eigenvalue weighted by Crippen LogP contribution is -2.40. The van der Waals surface area contributed by atoms with Crippen LogP contribution in [0.15, 0.2) is 29.3 Å². The quantitative estimate of drug-likeness (QED) is 0.660. The summed E-state index contributed by atoms with van der Waals surface area (Å²) in [6.07, 6.45) is 6.16. The first-order chi connectivity index (χ1) is 13.1. The van der Waals surface area contributed by atoms with Crippen LogP contribution in [0.5, 0.6) is 0 Å². The summed E-state index contributed by atoms with van der Waals surface area (Å²) in [5, 5.41) is 7.64. The number of imidazole rings is 1. The Balaban J connectivity index is 1.38. The molecule has 0 aromatic carbocycles. The number of carbonyl (C=O) groups is 2. The second-order valence-electron chi connectivity index (χ2n) is 6.90. The summed E-state index contributed by atoms with van der Waals surface area (Å²) in [5.41, 5.74) is 1.67. The van der Waals surface area contributed by atoms with Crippen LogP contribution in [0.25, 0.3) is 5.78 Å². The first-order valence-corrected chi connectivity index (χ1v) is 8.80. The van der Waals surface area contributed by atoms with Crippen molar-refractivity contribution in [2.24, 2.45) is 0 Å². The first-order valence-electron chi connectivity index (χ1n) is 8.80. The summed E-state index contributed by atoms with van der Waals surface area (Å²) in [4.78, 5) is 37.6. The summed E-state index contributed by atoms with van der Waals surface area (Å²) in [5.74, 6) is 0.332. The Morgan fingerprint density at radius 1 is 1.33 bits per heavy atom. The lowest BCUT2D eigenvalue weighted by Gasteiger charge is -2.24. The summed E-state index contributed by atoms with van der Waals surface area (Å²) in [6, 6.07) is 1.61. The van der Waals surface area contributed by atoms with Crippen molar-refractivity contribution in [1.29, 1.82) is 0 Å². The second-order valence-corrected chi connectivity index (χ2v) is 6.90. The number of hydrogen-bond donors (Lipinski definition) is 0. The van der Waals surface area contributed by atoms with E-state index < -0.39 is 0 Å². The van der Waals surface area contributed by atoms with Crippen LogP contribution in [-0.4, -0.2) is 64.9 Å². The molecule has 0 saturated carbocycles. The van der Waals surface area contributed by atoms with Crippen LogP contribution in [0.4, 0.5) is 0 Å². The smallest absolute Gasteiger partial charge is 0.274 e. The largest absolute Gasteiger partial charge is 0.332 e. The van der Waals surface area contributed by atoms with Crippen LogP contribution >= 0.6 is 0 Å². The molecule has 27 heavy (non-hydrogen) atoms. The summed E-state index contributed by atoms with van der Waals surface area (Å²) >= 11 is 0. The zero-order valence-corrected chi connectivity index (χ0v) is 14.6. The highest BCUT2D eigenvalue weighted by Gasteiger charge is 2.49. The van der Waals surface area contributed by atoms with E-state index in [0.717, 1.165) is 6.42 Å². The van der Waals surface area contributed by atoms with Crippen molar-refractivity contribution in [2.45, 2.75) is 38.4 Å². The fraction of sp³-hybridized carbons (Fsp3) is 0.412. The number of amides is 2. The van der Waals surface area contributed by atoms with E-state index >= 15 is 0 Å². The molecular weight excluding hydrogens is 350 g/mol. The average molecular weight is 367 g/mol. The van der Waals surface area contributed by atoms with Crippen LogP contribution in [0, 0.1) is 6.92 Å². The molecule has 10 heteroatoms. The number of aromatic nitrogens is 5. The van der Waals surface area contributed by atoms with Gasteiger partial charge in [-0.05, 0) is 19.4 Å². The highest BCUT2D eigenvalue weighted by molar-refractivity contribution is 5.94. The zero-order chi connectivity index (χ0) is 18.5. The lowest BCUT2D eigenvalue weighted by molar-refractivity contribution is -0.129. The minimum Gasteiger partial charge on any atom is -0.332 e. The molecule has 10 nitrogen and oxygen atoms in total. The van der Waals surface area contributed by atoms with Gasteiger partial charge in [-0.3, -0.25) is 14.0 Å². The van der Waals surface area contributed by atoms with Gasteiger partial charge in [0.2, 0.25) is 11.7 Å². The number of carbonyl (C=O) groups excluding carboxylic acids is 2. The fourth-order valence-corrected chi connectivity index (χ4v) is 4.02. The van der Waals surface area contributed by atoms with Crippen LogP contribution < -0.4 is 0 Å². The third-order valence-electron chi connectivity index (χ3n) is 5.40. The molecule has 3 aromatic heterocycles. The van der Waals surface area contributed by atoms with E-state index in [4.69, 9.17) is 4.63 Å². The third-order valence-corrected chi connectivity index (χ3v) is 5.40. The molecule has 2 aliphatic heterocycles. The van der Waals surface area contributed by atoms with Gasteiger partial charge in [0.1, 0.15) is 17.1 Å². The Labute approximate surface area is 153 Å². The molecule has 3 aromatic rings. The molecule has 0 aliphatic carbocycles. The zero-order valence-electron chi connectivity index (χ0n) is 14.6. The van der Waals surface area contributed by atoms with Gasteiger partial charge in [0, 0.05) is 31.6 Å². The average Bonchev–Trinajstić information content (AvgIpc) is 3.41. The number of nitrogens with zero attached hydrogens (tertiary/aromatic N) is 7. The maximum absolute atomic E-state index is 13.0. The molecule has 0 radical (unpaired) electrons. The van der Waals surface area contributed by atoms with Crippen molar-refractivity contribution in [2.75, 3.05) is 6.54 Å². The molecule has 5 rings (SSSR count). The van der Waals surface area contributed by atoms with Gasteiger partial charge in [0.05, 0.1) is 18.6 Å². The normalized spacial score (nSPS) is 22.0. The molecule has 2 saturated heterocycles. The molecule has 0 unspecified atom stereocenters. The number of likely N-dealkylation sites (tertiary alicyclic amines) is 2. The van der Waals surface area contributed by atoms with Gasteiger partial charge in [0.15, 0.2) is 0 Å². The Morgan fingerprint density at radius 2 is 2.22 bits per heavy atom. The van der Waals surface area contributed by atoms with E-state index in [2.05, 4.69) is 20.3 Å². The molecule has 2 amide bonds. The van der Waals surface area contributed by atoms with Crippen molar-refractivity contribution in [3.05, 3.63) is 41.7 Å². The van der Waals surface area contributed by atoms with Crippen LogP contribution in [0.1, 0.15) is 34.7 Å². The molecule has 2 atom stereocenters. The summed E-state index contributed by atoms with van der Waals surface area (Å²) in [6.45, 7) is 2.75. The maximum Gasteiger partial charge on any atom is 0.274 e. The minimum absolute atomic E-state index is 0.0153. The van der Waals surface area contributed by atoms with Crippen LogP contribution in [0.3, 0.4) is 0 Å². The van der Waals surface area contributed by atoms with E-state index in [-0.39, 0.29) is 23.9 Å². The number of aryl methyl sites for hydroxylation is 1. The van der Waals surface area contributed by atoms with Crippen LogP contribution in [-0.2, 0) is 11.3 Å².